The molecule has 3 nitrogen and oxygen atoms in total. The SMILES string of the molecule is CNc1ccccc1.O=S(=O)(F)F. The molecule has 74 valence electrons. The van der Waals surface area contributed by atoms with Crippen LogP contribution in [0.1, 0.15) is 0 Å². The van der Waals surface area contributed by atoms with Crippen molar-refractivity contribution in [2.75, 3.05) is 12.4 Å². The van der Waals surface area contributed by atoms with Crippen LogP contribution in [-0.2, 0) is 10.6 Å². The first-order valence-corrected chi connectivity index (χ1v) is 4.59. The Morgan fingerprint density at radius 3 is 1.77 bits per heavy atom. The highest BCUT2D eigenvalue weighted by molar-refractivity contribution is 7.81. The van der Waals surface area contributed by atoms with Gasteiger partial charge in [0.25, 0.3) is 0 Å². The van der Waals surface area contributed by atoms with Crippen LogP contribution in [-0.4, -0.2) is 15.5 Å². The summed E-state index contributed by atoms with van der Waals surface area (Å²) in [7, 11) is -3.75. The van der Waals surface area contributed by atoms with Crippen LogP contribution >= 0.6 is 0 Å². The Balaban J connectivity index is 0.000000252. The highest BCUT2D eigenvalue weighted by atomic mass is 32.3. The van der Waals surface area contributed by atoms with Crippen molar-refractivity contribution in [2.45, 2.75) is 0 Å². The third-order valence-corrected chi connectivity index (χ3v) is 1.06. The van der Waals surface area contributed by atoms with E-state index in [0.29, 0.717) is 0 Å². The highest BCUT2D eigenvalue weighted by Crippen LogP contribution is 2.01. The molecule has 0 spiro atoms. The van der Waals surface area contributed by atoms with Crippen LogP contribution in [0.5, 0.6) is 0 Å². The minimum Gasteiger partial charge on any atom is -0.388 e. The van der Waals surface area contributed by atoms with Crippen molar-refractivity contribution in [1.82, 2.24) is 0 Å². The summed E-state index contributed by atoms with van der Waals surface area (Å²) in [5, 5.41) is 3.03. The molecular formula is C7H9F2NO2S. The first-order valence-electron chi connectivity index (χ1n) is 3.30. The topological polar surface area (TPSA) is 46.2 Å². The molecule has 0 amide bonds. The molecule has 0 saturated carbocycles. The molecule has 0 fully saturated rings. The molecule has 0 saturated heterocycles. The van der Waals surface area contributed by atoms with Crippen LogP contribution in [0, 0.1) is 0 Å². The van der Waals surface area contributed by atoms with Crippen molar-refractivity contribution in [3.8, 4) is 0 Å². The van der Waals surface area contributed by atoms with E-state index < -0.39 is 10.6 Å². The summed E-state index contributed by atoms with van der Waals surface area (Å²) < 4.78 is 36.6. The maximum absolute atomic E-state index is 9.99. The molecule has 0 atom stereocenters. The van der Waals surface area contributed by atoms with Crippen molar-refractivity contribution >= 4 is 16.3 Å². The van der Waals surface area contributed by atoms with Crippen LogP contribution in [0.3, 0.4) is 0 Å². The Labute approximate surface area is 75.9 Å². The fraction of sp³-hybridized carbons (Fsp3) is 0.143. The van der Waals surface area contributed by atoms with E-state index in [1.807, 2.05) is 37.4 Å². The van der Waals surface area contributed by atoms with Crippen LogP contribution in [0.2, 0.25) is 0 Å². The van der Waals surface area contributed by atoms with Gasteiger partial charge in [0.2, 0.25) is 0 Å². The van der Waals surface area contributed by atoms with Gasteiger partial charge in [-0.05, 0) is 12.1 Å². The molecule has 0 aliphatic rings. The molecule has 0 aromatic heterocycles. The molecule has 0 unspecified atom stereocenters. The van der Waals surface area contributed by atoms with Gasteiger partial charge >= 0.3 is 10.6 Å². The third-order valence-electron chi connectivity index (χ3n) is 1.06. The monoisotopic (exact) mass is 209 g/mol. The summed E-state index contributed by atoms with van der Waals surface area (Å²) in [6.45, 7) is 0. The van der Waals surface area contributed by atoms with E-state index in [1.165, 1.54) is 0 Å². The quantitative estimate of drug-likeness (QED) is 0.718. The number of anilines is 1. The fourth-order valence-corrected chi connectivity index (χ4v) is 0.605. The maximum atomic E-state index is 9.99. The molecule has 1 rings (SSSR count). The van der Waals surface area contributed by atoms with Gasteiger partial charge in [0.05, 0.1) is 0 Å². The first kappa shape index (κ1) is 11.8. The zero-order valence-electron chi connectivity index (χ0n) is 6.87. The Bertz CT molecular complexity index is 318. The largest absolute Gasteiger partial charge is 0.476 e. The number of halogens is 2. The van der Waals surface area contributed by atoms with Crippen molar-refractivity contribution in [1.29, 1.82) is 0 Å². The molecule has 1 aromatic rings. The average molecular weight is 209 g/mol. The van der Waals surface area contributed by atoms with E-state index in [2.05, 4.69) is 5.32 Å². The molecular weight excluding hydrogens is 200 g/mol. The lowest BCUT2D eigenvalue weighted by Gasteiger charge is -1.94. The number of benzene rings is 1. The number of hydrogen-bond acceptors (Lipinski definition) is 3. The van der Waals surface area contributed by atoms with Gasteiger partial charge < -0.3 is 5.32 Å². The van der Waals surface area contributed by atoms with Crippen molar-refractivity contribution in [3.63, 3.8) is 0 Å². The van der Waals surface area contributed by atoms with Gasteiger partial charge in [-0.2, -0.15) is 8.42 Å². The van der Waals surface area contributed by atoms with E-state index in [0.717, 1.165) is 5.69 Å². The van der Waals surface area contributed by atoms with Crippen LogP contribution in [0.25, 0.3) is 0 Å². The standard InChI is InChI=1S/C7H9N.F2O2S/c1-8-7-5-3-2-4-6-7;1-5(2,3)4/h2-6,8H,1H3;. The Morgan fingerprint density at radius 2 is 1.54 bits per heavy atom. The van der Waals surface area contributed by atoms with E-state index in [1.54, 1.807) is 0 Å². The Kier molecular flexibility index (Phi) is 4.98. The maximum Gasteiger partial charge on any atom is 0.476 e. The van der Waals surface area contributed by atoms with Gasteiger partial charge in [-0.15, -0.1) is 0 Å². The Hall–Kier alpha value is -1.17. The van der Waals surface area contributed by atoms with Crippen LogP contribution < -0.4 is 5.32 Å². The predicted octanol–water partition coefficient (Wildman–Crippen LogP) is 1.90. The third kappa shape index (κ3) is 10.8. The van der Waals surface area contributed by atoms with Gasteiger partial charge in [-0.25, -0.2) is 0 Å². The van der Waals surface area contributed by atoms with Gasteiger partial charge in [-0.1, -0.05) is 26.0 Å². The summed E-state index contributed by atoms with van der Waals surface area (Å²) in [4.78, 5) is 0. The summed E-state index contributed by atoms with van der Waals surface area (Å²) in [6, 6.07) is 10.1. The summed E-state index contributed by atoms with van der Waals surface area (Å²) in [5.41, 5.74) is 1.16. The second kappa shape index (κ2) is 5.47. The average Bonchev–Trinajstić information content (AvgIpc) is 2.03. The molecule has 1 N–H and O–H groups in total. The zero-order chi connectivity index (χ0) is 10.3. The predicted molar refractivity (Wildman–Crippen MR) is 47.1 cm³/mol. The first-order chi connectivity index (χ1) is 5.93. The molecule has 0 heterocycles. The second-order valence-corrected chi connectivity index (χ2v) is 2.75. The lowest BCUT2D eigenvalue weighted by atomic mass is 10.3. The van der Waals surface area contributed by atoms with E-state index in [9.17, 15) is 7.77 Å². The minimum atomic E-state index is -5.67. The van der Waals surface area contributed by atoms with Crippen LogP contribution in [0.4, 0.5) is 13.5 Å². The highest BCUT2D eigenvalue weighted by Gasteiger charge is 1.94. The van der Waals surface area contributed by atoms with Crippen molar-refractivity contribution in [3.05, 3.63) is 30.3 Å². The number of para-hydroxylation sites is 1. The van der Waals surface area contributed by atoms with E-state index in [-0.39, 0.29) is 0 Å². The Morgan fingerprint density at radius 1 is 1.15 bits per heavy atom. The van der Waals surface area contributed by atoms with Crippen molar-refractivity contribution in [2.24, 2.45) is 0 Å². The molecule has 0 radical (unpaired) electrons. The second-order valence-electron chi connectivity index (χ2n) is 1.99. The smallest absolute Gasteiger partial charge is 0.388 e. The summed E-state index contributed by atoms with van der Waals surface area (Å²) in [6.07, 6.45) is 0. The van der Waals surface area contributed by atoms with E-state index >= 15 is 0 Å². The van der Waals surface area contributed by atoms with Gasteiger partial charge in [0.15, 0.2) is 0 Å². The molecule has 0 aliphatic heterocycles. The molecule has 0 bridgehead atoms. The molecule has 1 aromatic carbocycles. The lowest BCUT2D eigenvalue weighted by molar-refractivity contribution is 0.501. The number of nitrogens with one attached hydrogen (secondary N) is 1. The zero-order valence-corrected chi connectivity index (χ0v) is 7.68. The summed E-state index contributed by atoms with van der Waals surface area (Å²) in [5.74, 6) is 0. The lowest BCUT2D eigenvalue weighted by Crippen LogP contribution is -1.84. The van der Waals surface area contributed by atoms with E-state index in [4.69, 9.17) is 8.42 Å². The minimum absolute atomic E-state index is 1.16. The molecule has 13 heavy (non-hydrogen) atoms. The van der Waals surface area contributed by atoms with Gasteiger partial charge in [-0.3, -0.25) is 0 Å². The van der Waals surface area contributed by atoms with Gasteiger partial charge in [0, 0.05) is 12.7 Å². The normalized spacial score (nSPS) is 9.77. The van der Waals surface area contributed by atoms with Gasteiger partial charge in [0.1, 0.15) is 0 Å². The van der Waals surface area contributed by atoms with Crippen molar-refractivity contribution < 1.29 is 16.2 Å². The number of hydrogen-bond donors (Lipinski definition) is 1. The van der Waals surface area contributed by atoms with Crippen LogP contribution in [0.15, 0.2) is 30.3 Å². The molecule has 6 heteroatoms. The fourth-order valence-electron chi connectivity index (χ4n) is 0.605. The summed E-state index contributed by atoms with van der Waals surface area (Å²) >= 11 is 0. The number of rotatable bonds is 1. The molecule has 0 aliphatic carbocycles.